The number of hydrogen-bond donors (Lipinski definition) is 1. The summed E-state index contributed by atoms with van der Waals surface area (Å²) in [5.74, 6) is 0.438. The first kappa shape index (κ1) is 17.9. The molecule has 3 aliphatic heterocycles. The summed E-state index contributed by atoms with van der Waals surface area (Å²) in [5.41, 5.74) is -0.708. The second-order valence-corrected chi connectivity index (χ2v) is 10.6. The SMILES string of the molecule is CN(CC1CCS(=O)(=O)C1)C(=O)N1CCC2(CC1)OC(=O)NC21CCC1. The minimum Gasteiger partial charge on any atom is -0.440 e. The molecule has 1 N–H and O–H groups in total. The summed E-state index contributed by atoms with van der Waals surface area (Å²) in [6.45, 7) is 1.59. The number of piperidine rings is 1. The number of urea groups is 1. The van der Waals surface area contributed by atoms with Crippen molar-refractivity contribution >= 4 is 22.0 Å². The molecule has 1 aliphatic carbocycles. The third kappa shape index (κ3) is 2.84. The van der Waals surface area contributed by atoms with Crippen LogP contribution in [-0.4, -0.2) is 79.7 Å². The average molecular weight is 385 g/mol. The molecule has 1 atom stereocenters. The molecule has 0 aromatic heterocycles. The molecule has 0 radical (unpaired) electrons. The molecule has 26 heavy (non-hydrogen) atoms. The van der Waals surface area contributed by atoms with E-state index < -0.39 is 15.4 Å². The third-order valence-electron chi connectivity index (χ3n) is 6.74. The van der Waals surface area contributed by atoms with Crippen LogP contribution >= 0.6 is 0 Å². The van der Waals surface area contributed by atoms with Gasteiger partial charge in [-0.3, -0.25) is 0 Å². The topological polar surface area (TPSA) is 96.0 Å². The van der Waals surface area contributed by atoms with E-state index in [-0.39, 0.29) is 35.1 Å². The molecule has 0 bridgehead atoms. The van der Waals surface area contributed by atoms with Crippen molar-refractivity contribution < 1.29 is 22.7 Å². The fraction of sp³-hybridized carbons (Fsp3) is 0.882. The number of fused-ring (bicyclic) bond motifs is 1. The lowest BCUT2D eigenvalue weighted by atomic mass is 9.62. The Balaban J connectivity index is 1.34. The Hall–Kier alpha value is -1.51. The smallest absolute Gasteiger partial charge is 0.408 e. The number of carbonyl (C=O) groups excluding carboxylic acids is 2. The number of sulfone groups is 1. The van der Waals surface area contributed by atoms with E-state index >= 15 is 0 Å². The number of carbonyl (C=O) groups is 2. The molecular weight excluding hydrogens is 358 g/mol. The monoisotopic (exact) mass is 385 g/mol. The molecule has 2 spiro atoms. The molecule has 9 heteroatoms. The lowest BCUT2D eigenvalue weighted by Gasteiger charge is -2.52. The molecule has 8 nitrogen and oxygen atoms in total. The summed E-state index contributed by atoms with van der Waals surface area (Å²) < 4.78 is 28.9. The first-order valence-electron chi connectivity index (χ1n) is 9.46. The van der Waals surface area contributed by atoms with Gasteiger partial charge in [0, 0.05) is 39.5 Å². The van der Waals surface area contributed by atoms with Gasteiger partial charge in [0.1, 0.15) is 5.60 Å². The Kier molecular flexibility index (Phi) is 4.13. The van der Waals surface area contributed by atoms with Gasteiger partial charge in [-0.25, -0.2) is 18.0 Å². The maximum atomic E-state index is 12.7. The standard InChI is InChI=1S/C17H27N3O5S/c1-19(11-13-3-10-26(23,24)12-13)15(22)20-8-6-17(7-9-20)16(4-2-5-16)18-14(21)25-17/h13H,2-12H2,1H3,(H,18,21). The predicted octanol–water partition coefficient (Wildman–Crippen LogP) is 0.970. The summed E-state index contributed by atoms with van der Waals surface area (Å²) in [6.07, 6.45) is 4.61. The fourth-order valence-electron chi connectivity index (χ4n) is 5.08. The van der Waals surface area contributed by atoms with Gasteiger partial charge in [-0.1, -0.05) is 0 Å². The first-order valence-corrected chi connectivity index (χ1v) is 11.3. The highest BCUT2D eigenvalue weighted by Crippen LogP contribution is 2.51. The molecule has 146 valence electrons. The Labute approximate surface area is 154 Å². The Morgan fingerprint density at radius 2 is 2.00 bits per heavy atom. The minimum absolute atomic E-state index is 0.0308. The first-order chi connectivity index (χ1) is 12.2. The van der Waals surface area contributed by atoms with Crippen molar-refractivity contribution in [3.8, 4) is 0 Å². The van der Waals surface area contributed by atoms with Gasteiger partial charge in [-0.2, -0.15) is 0 Å². The molecule has 3 saturated heterocycles. The summed E-state index contributed by atoms with van der Waals surface area (Å²) >= 11 is 0. The highest BCUT2D eigenvalue weighted by Gasteiger charge is 2.63. The molecule has 0 aromatic rings. The van der Waals surface area contributed by atoms with Crippen LogP contribution in [-0.2, 0) is 14.6 Å². The van der Waals surface area contributed by atoms with Gasteiger partial charge in [0.15, 0.2) is 9.84 Å². The lowest BCUT2D eigenvalue weighted by Crippen LogP contribution is -2.65. The van der Waals surface area contributed by atoms with Crippen molar-refractivity contribution in [2.75, 3.05) is 38.2 Å². The van der Waals surface area contributed by atoms with Crippen molar-refractivity contribution in [1.29, 1.82) is 0 Å². The van der Waals surface area contributed by atoms with E-state index in [4.69, 9.17) is 4.74 Å². The van der Waals surface area contributed by atoms with Crippen molar-refractivity contribution in [2.45, 2.75) is 49.7 Å². The van der Waals surface area contributed by atoms with Gasteiger partial charge < -0.3 is 19.9 Å². The molecular formula is C17H27N3O5S. The summed E-state index contributed by atoms with van der Waals surface area (Å²) in [6, 6.07) is -0.0657. The summed E-state index contributed by atoms with van der Waals surface area (Å²) in [7, 11) is -1.19. The number of likely N-dealkylation sites (tertiary alicyclic amines) is 1. The maximum Gasteiger partial charge on any atom is 0.408 e. The Morgan fingerprint density at radius 1 is 1.31 bits per heavy atom. The second kappa shape index (κ2) is 6.00. The summed E-state index contributed by atoms with van der Waals surface area (Å²) in [4.78, 5) is 28.0. The number of hydrogen-bond acceptors (Lipinski definition) is 5. The van der Waals surface area contributed by atoms with Gasteiger partial charge in [-0.05, 0) is 31.6 Å². The van der Waals surface area contributed by atoms with Crippen molar-refractivity contribution in [3.63, 3.8) is 0 Å². The van der Waals surface area contributed by atoms with Crippen LogP contribution in [0.3, 0.4) is 0 Å². The largest absolute Gasteiger partial charge is 0.440 e. The Morgan fingerprint density at radius 3 is 2.54 bits per heavy atom. The van der Waals surface area contributed by atoms with Gasteiger partial charge in [0.25, 0.3) is 0 Å². The van der Waals surface area contributed by atoms with E-state index in [1.165, 1.54) is 0 Å². The zero-order valence-corrected chi connectivity index (χ0v) is 16.0. The average Bonchev–Trinajstić information content (AvgIpc) is 3.03. The van der Waals surface area contributed by atoms with E-state index in [1.54, 1.807) is 16.8 Å². The molecule has 3 amide bonds. The molecule has 1 unspecified atom stereocenters. The quantitative estimate of drug-likeness (QED) is 0.764. The molecule has 3 heterocycles. The fourth-order valence-corrected chi connectivity index (χ4v) is 6.93. The normalized spacial score (nSPS) is 30.7. The molecule has 1 saturated carbocycles. The van der Waals surface area contributed by atoms with Crippen LogP contribution in [0.2, 0.25) is 0 Å². The van der Waals surface area contributed by atoms with Gasteiger partial charge in [-0.15, -0.1) is 0 Å². The minimum atomic E-state index is -2.93. The van der Waals surface area contributed by atoms with Gasteiger partial charge in [0.2, 0.25) is 0 Å². The van der Waals surface area contributed by atoms with Crippen LogP contribution in [0.15, 0.2) is 0 Å². The number of ether oxygens (including phenoxy) is 1. The van der Waals surface area contributed by atoms with Crippen LogP contribution in [0.25, 0.3) is 0 Å². The van der Waals surface area contributed by atoms with E-state index in [9.17, 15) is 18.0 Å². The van der Waals surface area contributed by atoms with E-state index in [2.05, 4.69) is 5.32 Å². The third-order valence-corrected chi connectivity index (χ3v) is 8.57. The van der Waals surface area contributed by atoms with Gasteiger partial charge >= 0.3 is 12.1 Å². The second-order valence-electron chi connectivity index (χ2n) is 8.36. The van der Waals surface area contributed by atoms with Crippen LogP contribution in [0.5, 0.6) is 0 Å². The number of amides is 3. The highest BCUT2D eigenvalue weighted by molar-refractivity contribution is 7.91. The maximum absolute atomic E-state index is 12.7. The summed E-state index contributed by atoms with van der Waals surface area (Å²) in [5, 5.41) is 3.02. The predicted molar refractivity (Wildman–Crippen MR) is 94.5 cm³/mol. The number of nitrogens with zero attached hydrogens (tertiary/aromatic N) is 2. The van der Waals surface area contributed by atoms with Crippen LogP contribution in [0.1, 0.15) is 38.5 Å². The van der Waals surface area contributed by atoms with Crippen molar-refractivity contribution in [2.24, 2.45) is 5.92 Å². The number of nitrogens with one attached hydrogen (secondary N) is 1. The zero-order valence-electron chi connectivity index (χ0n) is 15.2. The molecule has 4 rings (SSSR count). The van der Waals surface area contributed by atoms with Crippen molar-refractivity contribution in [1.82, 2.24) is 15.1 Å². The van der Waals surface area contributed by atoms with Crippen LogP contribution < -0.4 is 5.32 Å². The Bertz CT molecular complexity index is 710. The molecule has 4 fully saturated rings. The molecule has 4 aliphatic rings. The van der Waals surface area contributed by atoms with Crippen molar-refractivity contribution in [3.05, 3.63) is 0 Å². The van der Waals surface area contributed by atoms with Gasteiger partial charge in [0.05, 0.1) is 17.0 Å². The zero-order chi connectivity index (χ0) is 18.6. The molecule has 0 aromatic carbocycles. The van der Waals surface area contributed by atoms with Crippen LogP contribution in [0, 0.1) is 5.92 Å². The lowest BCUT2D eigenvalue weighted by molar-refractivity contribution is -0.0702. The number of rotatable bonds is 2. The van der Waals surface area contributed by atoms with E-state index in [0.29, 0.717) is 38.9 Å². The van der Waals surface area contributed by atoms with Crippen LogP contribution in [0.4, 0.5) is 9.59 Å². The number of alkyl carbamates (subject to hydrolysis) is 1. The highest BCUT2D eigenvalue weighted by atomic mass is 32.2. The van der Waals surface area contributed by atoms with E-state index in [1.807, 2.05) is 0 Å². The van der Waals surface area contributed by atoms with E-state index in [0.717, 1.165) is 19.3 Å².